The molecule has 0 amide bonds. The fraction of sp³-hybridized carbons (Fsp3) is 0.250. The molecule has 1 aliphatic rings. The minimum absolute atomic E-state index is 0.0241. The van der Waals surface area contributed by atoms with Crippen molar-refractivity contribution in [1.29, 1.82) is 0 Å². The number of Topliss-reactive ketones (excluding diaryl/α,β-unsaturated/α-hetero) is 1. The molecule has 5 nitrogen and oxygen atoms in total. The maximum Gasteiger partial charge on any atom is 0.191 e. The number of ketones is 1. The third-order valence-electron chi connectivity index (χ3n) is 2.61. The van der Waals surface area contributed by atoms with Gasteiger partial charge in [0, 0.05) is 5.56 Å². The number of aliphatic imine (C=N–C) groups is 1. The lowest BCUT2D eigenvalue weighted by Crippen LogP contribution is -2.08. The molecule has 1 aromatic heterocycles. The van der Waals surface area contributed by atoms with Crippen LogP contribution >= 0.6 is 0 Å². The molecule has 0 saturated carbocycles. The summed E-state index contributed by atoms with van der Waals surface area (Å²) < 4.78 is 10.4. The Labute approximate surface area is 97.1 Å². The summed E-state index contributed by atoms with van der Waals surface area (Å²) in [7, 11) is 0. The number of rotatable bonds is 3. The minimum atomic E-state index is -0.0241. The Balaban J connectivity index is 1.84. The monoisotopic (exact) mass is 230 g/mol. The number of benzene rings is 1. The third kappa shape index (κ3) is 1.91. The molecule has 86 valence electrons. The molecule has 17 heavy (non-hydrogen) atoms. The first-order valence-corrected chi connectivity index (χ1v) is 5.35. The summed E-state index contributed by atoms with van der Waals surface area (Å²) in [6, 6.07) is 5.20. The summed E-state index contributed by atoms with van der Waals surface area (Å²) in [6.45, 7) is 1.22. The zero-order valence-electron chi connectivity index (χ0n) is 9.05. The van der Waals surface area contributed by atoms with Crippen LogP contribution in [0.2, 0.25) is 0 Å². The molecule has 3 rings (SSSR count). The Morgan fingerprint density at radius 1 is 1.41 bits per heavy atom. The largest absolute Gasteiger partial charge is 0.479 e. The van der Waals surface area contributed by atoms with Gasteiger partial charge in [-0.25, -0.2) is 4.98 Å². The van der Waals surface area contributed by atoms with E-state index in [-0.39, 0.29) is 12.2 Å². The van der Waals surface area contributed by atoms with Crippen LogP contribution in [0.25, 0.3) is 11.1 Å². The average Bonchev–Trinajstić information content (AvgIpc) is 2.97. The quantitative estimate of drug-likeness (QED) is 0.754. The topological polar surface area (TPSA) is 64.7 Å². The summed E-state index contributed by atoms with van der Waals surface area (Å²) in [4.78, 5) is 20.0. The number of ether oxygens (including phenoxy) is 1. The molecule has 0 radical (unpaired) electrons. The summed E-state index contributed by atoms with van der Waals surface area (Å²) in [5.41, 5.74) is 1.95. The van der Waals surface area contributed by atoms with Crippen LogP contribution in [0.5, 0.6) is 0 Å². The summed E-state index contributed by atoms with van der Waals surface area (Å²) in [5, 5.41) is 0. The Morgan fingerprint density at radius 3 is 3.18 bits per heavy atom. The zero-order chi connectivity index (χ0) is 11.7. The Hall–Kier alpha value is -2.17. The van der Waals surface area contributed by atoms with Crippen LogP contribution in [0, 0.1) is 0 Å². The fourth-order valence-corrected chi connectivity index (χ4v) is 1.75. The second kappa shape index (κ2) is 4.01. The predicted molar refractivity (Wildman–Crippen MR) is 61.2 cm³/mol. The van der Waals surface area contributed by atoms with Crippen LogP contribution in [0.3, 0.4) is 0 Å². The van der Waals surface area contributed by atoms with Gasteiger partial charge in [0.2, 0.25) is 0 Å². The molecule has 2 aromatic rings. The highest BCUT2D eigenvalue weighted by Crippen LogP contribution is 2.16. The van der Waals surface area contributed by atoms with Gasteiger partial charge in [-0.05, 0) is 18.2 Å². The van der Waals surface area contributed by atoms with Gasteiger partial charge in [0.25, 0.3) is 0 Å². The number of carbonyl (C=O) groups is 1. The van der Waals surface area contributed by atoms with Crippen LogP contribution in [0.15, 0.2) is 34.0 Å². The van der Waals surface area contributed by atoms with E-state index in [0.717, 1.165) is 5.52 Å². The van der Waals surface area contributed by atoms with Crippen molar-refractivity contribution in [2.45, 2.75) is 6.42 Å². The third-order valence-corrected chi connectivity index (χ3v) is 2.61. The molecule has 0 fully saturated rings. The van der Waals surface area contributed by atoms with Gasteiger partial charge in [0.1, 0.15) is 12.1 Å². The van der Waals surface area contributed by atoms with Crippen LogP contribution < -0.4 is 0 Å². The van der Waals surface area contributed by atoms with E-state index in [4.69, 9.17) is 9.15 Å². The van der Waals surface area contributed by atoms with E-state index >= 15 is 0 Å². The van der Waals surface area contributed by atoms with Crippen molar-refractivity contribution in [1.82, 2.24) is 4.98 Å². The lowest BCUT2D eigenvalue weighted by atomic mass is 10.1. The van der Waals surface area contributed by atoms with Gasteiger partial charge in [-0.1, -0.05) is 0 Å². The molecule has 1 aliphatic heterocycles. The maximum absolute atomic E-state index is 11.9. The number of oxazole rings is 1. The second-order valence-corrected chi connectivity index (χ2v) is 3.76. The van der Waals surface area contributed by atoms with Gasteiger partial charge in [-0.2, -0.15) is 0 Å². The Morgan fingerprint density at radius 2 is 2.35 bits per heavy atom. The molecule has 0 aliphatic carbocycles. The van der Waals surface area contributed by atoms with Crippen molar-refractivity contribution in [2.24, 2.45) is 4.99 Å². The van der Waals surface area contributed by atoms with Gasteiger partial charge < -0.3 is 9.15 Å². The van der Waals surface area contributed by atoms with E-state index in [2.05, 4.69) is 9.98 Å². The van der Waals surface area contributed by atoms with E-state index in [1.54, 1.807) is 18.2 Å². The van der Waals surface area contributed by atoms with Crippen molar-refractivity contribution >= 4 is 22.8 Å². The maximum atomic E-state index is 11.9. The molecule has 0 saturated heterocycles. The van der Waals surface area contributed by atoms with Crippen molar-refractivity contribution in [2.75, 3.05) is 13.2 Å². The SMILES string of the molecule is O=C(CC1=NCCO1)c1ccc2ncoc2c1. The zero-order valence-corrected chi connectivity index (χ0v) is 9.05. The fourth-order valence-electron chi connectivity index (χ4n) is 1.75. The van der Waals surface area contributed by atoms with E-state index in [1.807, 2.05) is 0 Å². The summed E-state index contributed by atoms with van der Waals surface area (Å²) in [6.07, 6.45) is 1.57. The van der Waals surface area contributed by atoms with Gasteiger partial charge in [-0.3, -0.25) is 9.79 Å². The highest BCUT2D eigenvalue weighted by molar-refractivity contribution is 6.08. The average molecular weight is 230 g/mol. The van der Waals surface area contributed by atoms with E-state index in [1.165, 1.54) is 6.39 Å². The van der Waals surface area contributed by atoms with E-state index in [9.17, 15) is 4.79 Å². The highest BCUT2D eigenvalue weighted by atomic mass is 16.5. The van der Waals surface area contributed by atoms with E-state index in [0.29, 0.717) is 30.2 Å². The van der Waals surface area contributed by atoms with Crippen molar-refractivity contribution in [3.8, 4) is 0 Å². The molecule has 5 heteroatoms. The van der Waals surface area contributed by atoms with Gasteiger partial charge in [0.15, 0.2) is 23.7 Å². The molecular formula is C12H10N2O3. The van der Waals surface area contributed by atoms with Crippen LogP contribution in [0.1, 0.15) is 16.8 Å². The van der Waals surface area contributed by atoms with E-state index < -0.39 is 0 Å². The first-order chi connectivity index (χ1) is 8.33. The normalized spacial score (nSPS) is 14.7. The molecule has 0 spiro atoms. The van der Waals surface area contributed by atoms with Crippen molar-refractivity contribution < 1.29 is 13.9 Å². The minimum Gasteiger partial charge on any atom is -0.479 e. The van der Waals surface area contributed by atoms with Gasteiger partial charge >= 0.3 is 0 Å². The second-order valence-electron chi connectivity index (χ2n) is 3.76. The molecule has 2 heterocycles. The molecule has 0 unspecified atom stereocenters. The molecule has 0 bridgehead atoms. The van der Waals surface area contributed by atoms with Gasteiger partial charge in [-0.15, -0.1) is 0 Å². The van der Waals surface area contributed by atoms with Crippen LogP contribution in [-0.2, 0) is 4.74 Å². The standard InChI is InChI=1S/C12H10N2O3/c15-10(6-12-13-3-4-16-12)8-1-2-9-11(5-8)17-7-14-9/h1-2,5,7H,3-4,6H2. The first-order valence-electron chi connectivity index (χ1n) is 5.35. The number of nitrogens with zero attached hydrogens (tertiary/aromatic N) is 2. The number of aromatic nitrogens is 1. The van der Waals surface area contributed by atoms with Crippen molar-refractivity contribution in [3.05, 3.63) is 30.2 Å². The van der Waals surface area contributed by atoms with Crippen molar-refractivity contribution in [3.63, 3.8) is 0 Å². The first kappa shape index (κ1) is 10.0. The summed E-state index contributed by atoms with van der Waals surface area (Å²) >= 11 is 0. The highest BCUT2D eigenvalue weighted by Gasteiger charge is 2.15. The Bertz CT molecular complexity index is 601. The number of hydrogen-bond donors (Lipinski definition) is 0. The Kier molecular flexibility index (Phi) is 2.36. The molecule has 1 aromatic carbocycles. The number of carbonyl (C=O) groups excluding carboxylic acids is 1. The lowest BCUT2D eigenvalue weighted by Gasteiger charge is -2.01. The molecule has 0 N–H and O–H groups in total. The number of fused-ring (bicyclic) bond motifs is 1. The summed E-state index contributed by atoms with van der Waals surface area (Å²) in [5.74, 6) is 0.497. The lowest BCUT2D eigenvalue weighted by molar-refractivity contribution is 0.0994. The predicted octanol–water partition coefficient (Wildman–Crippen LogP) is 1.83. The smallest absolute Gasteiger partial charge is 0.191 e. The molecular weight excluding hydrogens is 220 g/mol. The molecule has 0 atom stereocenters. The van der Waals surface area contributed by atoms with Crippen LogP contribution in [0.4, 0.5) is 0 Å². The number of hydrogen-bond acceptors (Lipinski definition) is 5. The van der Waals surface area contributed by atoms with Gasteiger partial charge in [0.05, 0.1) is 13.0 Å². The van der Waals surface area contributed by atoms with Crippen LogP contribution in [-0.4, -0.2) is 29.8 Å².